The third kappa shape index (κ3) is 4.09. The minimum Gasteiger partial charge on any atom is -0.479 e. The van der Waals surface area contributed by atoms with E-state index in [1.807, 2.05) is 0 Å². The van der Waals surface area contributed by atoms with Gasteiger partial charge in [-0.3, -0.25) is 4.90 Å². The molecule has 1 amide bonds. The standard InChI is InChI=1S/C12H21NO4/c1-7-8-12(5,9(14)15)13(6)10(16)17-11(2,3)4/h7H,1,8H2,2-6H3,(H,14,15)/t12-/m1/s1. The Morgan fingerprint density at radius 2 is 1.82 bits per heavy atom. The molecule has 0 aliphatic carbocycles. The molecule has 98 valence electrons. The molecule has 0 unspecified atom stereocenters. The summed E-state index contributed by atoms with van der Waals surface area (Å²) in [5.74, 6) is -1.09. The molecule has 0 saturated carbocycles. The minimum absolute atomic E-state index is 0.151. The summed E-state index contributed by atoms with van der Waals surface area (Å²) in [5.41, 5.74) is -2.00. The molecular formula is C12H21NO4. The Morgan fingerprint density at radius 1 is 1.35 bits per heavy atom. The first kappa shape index (κ1) is 15.5. The number of rotatable bonds is 4. The highest BCUT2D eigenvalue weighted by atomic mass is 16.6. The number of carbonyl (C=O) groups excluding carboxylic acids is 1. The number of likely N-dealkylation sites (N-methyl/N-ethyl adjacent to an activating group) is 1. The van der Waals surface area contributed by atoms with Crippen LogP contribution >= 0.6 is 0 Å². The molecule has 1 atom stereocenters. The summed E-state index contributed by atoms with van der Waals surface area (Å²) in [5, 5.41) is 9.18. The zero-order chi connectivity index (χ0) is 13.9. The van der Waals surface area contributed by atoms with E-state index in [4.69, 9.17) is 4.74 Å². The van der Waals surface area contributed by atoms with Crippen LogP contribution in [0.5, 0.6) is 0 Å². The van der Waals surface area contributed by atoms with Crippen LogP contribution in [-0.2, 0) is 9.53 Å². The van der Waals surface area contributed by atoms with Gasteiger partial charge in [0.2, 0.25) is 0 Å². The number of carbonyl (C=O) groups is 2. The summed E-state index contributed by atoms with van der Waals surface area (Å²) in [6.45, 7) is 10.1. The molecule has 0 aliphatic heterocycles. The first-order valence-electron chi connectivity index (χ1n) is 5.35. The highest BCUT2D eigenvalue weighted by Crippen LogP contribution is 2.21. The Hall–Kier alpha value is -1.52. The summed E-state index contributed by atoms with van der Waals surface area (Å²) in [6.07, 6.45) is 0.955. The van der Waals surface area contributed by atoms with Crippen molar-refractivity contribution in [3.05, 3.63) is 12.7 Å². The fourth-order valence-electron chi connectivity index (χ4n) is 1.18. The molecule has 0 aliphatic rings. The maximum atomic E-state index is 11.8. The normalized spacial score (nSPS) is 14.6. The topological polar surface area (TPSA) is 66.8 Å². The van der Waals surface area contributed by atoms with E-state index in [0.29, 0.717) is 0 Å². The number of hydrogen-bond donors (Lipinski definition) is 1. The van der Waals surface area contributed by atoms with E-state index in [-0.39, 0.29) is 6.42 Å². The molecule has 0 radical (unpaired) electrons. The van der Waals surface area contributed by atoms with Crippen LogP contribution in [0.15, 0.2) is 12.7 Å². The predicted molar refractivity (Wildman–Crippen MR) is 64.9 cm³/mol. The van der Waals surface area contributed by atoms with Crippen LogP contribution in [-0.4, -0.2) is 40.3 Å². The smallest absolute Gasteiger partial charge is 0.410 e. The molecule has 5 heteroatoms. The molecule has 0 spiro atoms. The molecular weight excluding hydrogens is 222 g/mol. The fourth-order valence-corrected chi connectivity index (χ4v) is 1.18. The molecule has 0 rings (SSSR count). The van der Waals surface area contributed by atoms with E-state index in [9.17, 15) is 14.7 Å². The van der Waals surface area contributed by atoms with E-state index in [0.717, 1.165) is 4.90 Å². The largest absolute Gasteiger partial charge is 0.479 e. The predicted octanol–water partition coefficient (Wildman–Crippen LogP) is 2.27. The second-order valence-corrected chi connectivity index (χ2v) is 5.11. The summed E-state index contributed by atoms with van der Waals surface area (Å²) in [7, 11) is 1.41. The molecule has 0 aromatic heterocycles. The van der Waals surface area contributed by atoms with Gasteiger partial charge in [-0.1, -0.05) is 6.08 Å². The van der Waals surface area contributed by atoms with Crippen LogP contribution in [0.1, 0.15) is 34.1 Å². The quantitative estimate of drug-likeness (QED) is 0.769. The molecule has 0 aromatic carbocycles. The van der Waals surface area contributed by atoms with Gasteiger partial charge in [-0.15, -0.1) is 6.58 Å². The summed E-state index contributed by atoms with van der Waals surface area (Å²) < 4.78 is 5.13. The zero-order valence-corrected chi connectivity index (χ0v) is 11.1. The first-order valence-corrected chi connectivity index (χ1v) is 5.35. The van der Waals surface area contributed by atoms with Crippen molar-refractivity contribution in [2.75, 3.05) is 7.05 Å². The second kappa shape index (κ2) is 5.21. The second-order valence-electron chi connectivity index (χ2n) is 5.11. The van der Waals surface area contributed by atoms with Crippen molar-refractivity contribution in [1.82, 2.24) is 4.90 Å². The first-order chi connectivity index (χ1) is 7.54. The van der Waals surface area contributed by atoms with Crippen LogP contribution < -0.4 is 0 Å². The molecule has 5 nitrogen and oxygen atoms in total. The lowest BCUT2D eigenvalue weighted by Gasteiger charge is -2.35. The van der Waals surface area contributed by atoms with Crippen LogP contribution in [0.2, 0.25) is 0 Å². The van der Waals surface area contributed by atoms with Gasteiger partial charge in [-0.2, -0.15) is 0 Å². The van der Waals surface area contributed by atoms with Crippen LogP contribution in [0.25, 0.3) is 0 Å². The van der Waals surface area contributed by atoms with E-state index in [1.54, 1.807) is 20.8 Å². The van der Waals surface area contributed by atoms with Crippen molar-refractivity contribution in [3.8, 4) is 0 Å². The lowest BCUT2D eigenvalue weighted by Crippen LogP contribution is -2.54. The van der Waals surface area contributed by atoms with Crippen molar-refractivity contribution in [1.29, 1.82) is 0 Å². The minimum atomic E-state index is -1.34. The molecule has 0 aromatic rings. The molecule has 0 saturated heterocycles. The van der Waals surface area contributed by atoms with Gasteiger partial charge in [0, 0.05) is 7.05 Å². The number of ether oxygens (including phenoxy) is 1. The van der Waals surface area contributed by atoms with Gasteiger partial charge in [0.05, 0.1) is 0 Å². The SMILES string of the molecule is C=CC[C@](C)(C(=O)O)N(C)C(=O)OC(C)(C)C. The van der Waals surface area contributed by atoms with Crippen molar-refractivity contribution in [3.63, 3.8) is 0 Å². The van der Waals surface area contributed by atoms with E-state index in [2.05, 4.69) is 6.58 Å². The van der Waals surface area contributed by atoms with Crippen molar-refractivity contribution in [2.45, 2.75) is 45.3 Å². The molecule has 1 N–H and O–H groups in total. The van der Waals surface area contributed by atoms with Crippen molar-refractivity contribution < 1.29 is 19.4 Å². The van der Waals surface area contributed by atoms with E-state index in [1.165, 1.54) is 20.0 Å². The van der Waals surface area contributed by atoms with Gasteiger partial charge in [-0.05, 0) is 34.1 Å². The number of aliphatic carboxylic acids is 1. The lowest BCUT2D eigenvalue weighted by atomic mass is 9.96. The average molecular weight is 243 g/mol. The Balaban J connectivity index is 4.97. The molecule has 0 heterocycles. The summed E-state index contributed by atoms with van der Waals surface area (Å²) in [4.78, 5) is 24.1. The van der Waals surface area contributed by atoms with Gasteiger partial charge in [0.15, 0.2) is 0 Å². The third-order valence-corrected chi connectivity index (χ3v) is 2.41. The summed E-state index contributed by atoms with van der Waals surface area (Å²) in [6, 6.07) is 0. The van der Waals surface area contributed by atoms with Gasteiger partial charge >= 0.3 is 12.1 Å². The molecule has 0 bridgehead atoms. The number of amides is 1. The average Bonchev–Trinajstić information content (AvgIpc) is 2.13. The third-order valence-electron chi connectivity index (χ3n) is 2.41. The Bertz CT molecular complexity index is 319. The zero-order valence-electron chi connectivity index (χ0n) is 11.1. The van der Waals surface area contributed by atoms with Gasteiger partial charge in [0.1, 0.15) is 11.1 Å². The van der Waals surface area contributed by atoms with Crippen molar-refractivity contribution in [2.24, 2.45) is 0 Å². The van der Waals surface area contributed by atoms with Crippen LogP contribution in [0.4, 0.5) is 4.79 Å². The lowest BCUT2D eigenvalue weighted by molar-refractivity contribution is -0.149. The van der Waals surface area contributed by atoms with Gasteiger partial charge in [0.25, 0.3) is 0 Å². The number of carboxylic acid groups (broad SMARTS) is 1. The highest BCUT2D eigenvalue weighted by Gasteiger charge is 2.40. The van der Waals surface area contributed by atoms with Crippen LogP contribution in [0, 0.1) is 0 Å². The van der Waals surface area contributed by atoms with E-state index < -0.39 is 23.2 Å². The van der Waals surface area contributed by atoms with Crippen LogP contribution in [0.3, 0.4) is 0 Å². The molecule has 17 heavy (non-hydrogen) atoms. The monoisotopic (exact) mass is 243 g/mol. The van der Waals surface area contributed by atoms with Crippen molar-refractivity contribution >= 4 is 12.1 Å². The number of hydrogen-bond acceptors (Lipinski definition) is 3. The van der Waals surface area contributed by atoms with Gasteiger partial charge < -0.3 is 9.84 Å². The highest BCUT2D eigenvalue weighted by molar-refractivity contribution is 5.84. The molecule has 0 fully saturated rings. The Labute approximate surface area is 102 Å². The van der Waals surface area contributed by atoms with Gasteiger partial charge in [-0.25, -0.2) is 9.59 Å². The summed E-state index contributed by atoms with van der Waals surface area (Å²) >= 11 is 0. The fraction of sp³-hybridized carbons (Fsp3) is 0.667. The maximum Gasteiger partial charge on any atom is 0.410 e. The Morgan fingerprint density at radius 3 is 2.12 bits per heavy atom. The number of carboxylic acids is 1. The van der Waals surface area contributed by atoms with E-state index >= 15 is 0 Å². The maximum absolute atomic E-state index is 11.8. The Kier molecular flexibility index (Phi) is 4.74. The number of nitrogens with zero attached hydrogens (tertiary/aromatic N) is 1.